The third kappa shape index (κ3) is 18.2. The smallest absolute Gasteiger partial charge is 0.169 e. The summed E-state index contributed by atoms with van der Waals surface area (Å²) in [7, 11) is 4.12. The predicted molar refractivity (Wildman–Crippen MR) is 183 cm³/mol. The quantitative estimate of drug-likeness (QED) is 0.0751. The summed E-state index contributed by atoms with van der Waals surface area (Å²) < 4.78 is 2.32. The van der Waals surface area contributed by atoms with Crippen molar-refractivity contribution in [2.75, 3.05) is 19.0 Å². The third-order valence-electron chi connectivity index (χ3n) is 7.73. The van der Waals surface area contributed by atoms with Gasteiger partial charge >= 0.3 is 0 Å². The van der Waals surface area contributed by atoms with Crippen LogP contribution in [0.5, 0.6) is 0 Å². The molecule has 2 heteroatoms. The van der Waals surface area contributed by atoms with Crippen molar-refractivity contribution in [3.8, 4) is 0 Å². The number of hydrogen-bond donors (Lipinski definition) is 0. The molecule has 0 atom stereocenters. The highest BCUT2D eigenvalue weighted by molar-refractivity contribution is 5.56. The Morgan fingerprint density at radius 2 is 0.878 bits per heavy atom. The lowest BCUT2D eigenvalue weighted by Crippen LogP contribution is -2.32. The second kappa shape index (κ2) is 23.8. The SMILES string of the molecule is CCCCCCCCCCCCCCCCCC[n+]1ccc(/C=C/C=C/C=C/C=C/c2ccc(N(C)C)cc2)cc1. The molecular weight excluding hydrogens is 496 g/mol. The summed E-state index contributed by atoms with van der Waals surface area (Å²) in [6.45, 7) is 3.42. The van der Waals surface area contributed by atoms with E-state index in [0.717, 1.165) is 6.54 Å². The largest absolute Gasteiger partial charge is 0.378 e. The standard InChI is InChI=1S/C39H59N2/c1-4-5-6-7-8-9-10-11-12-13-14-15-16-19-22-25-34-41-35-32-38(33-36-41)27-24-21-18-17-20-23-26-37-28-30-39(31-29-37)40(2)3/h17-18,20-21,23-24,26-33,35-36H,4-16,19,22,25,34H2,1-3H3/q+1. The molecule has 2 nitrogen and oxygen atoms in total. The van der Waals surface area contributed by atoms with E-state index in [1.165, 1.54) is 120 Å². The average Bonchev–Trinajstić information content (AvgIpc) is 2.99. The fraction of sp³-hybridized carbons (Fsp3) is 0.513. The van der Waals surface area contributed by atoms with Crippen LogP contribution in [0.1, 0.15) is 121 Å². The third-order valence-corrected chi connectivity index (χ3v) is 7.73. The summed E-state index contributed by atoms with van der Waals surface area (Å²) in [5, 5.41) is 0. The van der Waals surface area contributed by atoms with Crippen LogP contribution in [0, 0.1) is 0 Å². The van der Waals surface area contributed by atoms with E-state index in [1.54, 1.807) is 0 Å². The van der Waals surface area contributed by atoms with Gasteiger partial charge in [0.25, 0.3) is 0 Å². The van der Waals surface area contributed by atoms with Gasteiger partial charge in [-0.3, -0.25) is 0 Å². The highest BCUT2D eigenvalue weighted by Gasteiger charge is 2.00. The van der Waals surface area contributed by atoms with Crippen molar-refractivity contribution in [2.24, 2.45) is 0 Å². The lowest BCUT2D eigenvalue weighted by Gasteiger charge is -2.11. The van der Waals surface area contributed by atoms with E-state index in [-0.39, 0.29) is 0 Å². The fourth-order valence-corrected chi connectivity index (χ4v) is 5.05. The molecule has 0 amide bonds. The van der Waals surface area contributed by atoms with Crippen molar-refractivity contribution >= 4 is 17.8 Å². The second-order valence-corrected chi connectivity index (χ2v) is 11.6. The van der Waals surface area contributed by atoms with E-state index >= 15 is 0 Å². The minimum absolute atomic E-state index is 1.13. The van der Waals surface area contributed by atoms with Gasteiger partial charge in [0.05, 0.1) is 0 Å². The summed E-state index contributed by atoms with van der Waals surface area (Å²) in [6, 6.07) is 13.0. The molecule has 0 fully saturated rings. The van der Waals surface area contributed by atoms with Gasteiger partial charge < -0.3 is 4.90 Å². The van der Waals surface area contributed by atoms with Crippen molar-refractivity contribution in [2.45, 2.75) is 116 Å². The second-order valence-electron chi connectivity index (χ2n) is 11.6. The van der Waals surface area contributed by atoms with Crippen molar-refractivity contribution in [1.29, 1.82) is 0 Å². The lowest BCUT2D eigenvalue weighted by molar-refractivity contribution is -0.697. The Labute approximate surface area is 253 Å². The van der Waals surface area contributed by atoms with Crippen LogP contribution in [0.4, 0.5) is 5.69 Å². The monoisotopic (exact) mass is 555 g/mol. The van der Waals surface area contributed by atoms with E-state index in [0.29, 0.717) is 0 Å². The van der Waals surface area contributed by atoms with E-state index < -0.39 is 0 Å². The van der Waals surface area contributed by atoms with Gasteiger partial charge in [-0.15, -0.1) is 0 Å². The molecule has 1 aromatic heterocycles. The Balaban J connectivity index is 1.46. The highest BCUT2D eigenvalue weighted by atomic mass is 15.1. The summed E-state index contributed by atoms with van der Waals surface area (Å²) in [5.41, 5.74) is 3.67. The highest BCUT2D eigenvalue weighted by Crippen LogP contribution is 2.14. The summed E-state index contributed by atoms with van der Waals surface area (Å²) in [4.78, 5) is 2.11. The number of unbranched alkanes of at least 4 members (excludes halogenated alkanes) is 15. The summed E-state index contributed by atoms with van der Waals surface area (Å²) in [6.07, 6.45) is 43.9. The molecule has 0 saturated carbocycles. The normalized spacial score (nSPS) is 12.1. The van der Waals surface area contributed by atoms with Gasteiger partial charge in [-0.1, -0.05) is 158 Å². The Bertz CT molecular complexity index is 993. The molecule has 0 N–H and O–H groups in total. The van der Waals surface area contributed by atoms with E-state index in [1.807, 2.05) is 0 Å². The van der Waals surface area contributed by atoms with Gasteiger partial charge in [0.2, 0.25) is 0 Å². The van der Waals surface area contributed by atoms with Crippen LogP contribution in [0.15, 0.2) is 85.2 Å². The molecule has 0 aliphatic heterocycles. The van der Waals surface area contributed by atoms with Crippen molar-refractivity contribution in [1.82, 2.24) is 0 Å². The maximum absolute atomic E-state index is 2.32. The van der Waals surface area contributed by atoms with E-state index in [9.17, 15) is 0 Å². The van der Waals surface area contributed by atoms with Gasteiger partial charge in [0.15, 0.2) is 12.4 Å². The molecule has 0 aliphatic carbocycles. The first kappa shape index (κ1) is 34.3. The molecule has 41 heavy (non-hydrogen) atoms. The Morgan fingerprint density at radius 3 is 1.32 bits per heavy atom. The fourth-order valence-electron chi connectivity index (χ4n) is 5.05. The number of aromatic nitrogens is 1. The zero-order valence-electron chi connectivity index (χ0n) is 26.7. The number of allylic oxidation sites excluding steroid dienone is 6. The molecule has 0 saturated heterocycles. The van der Waals surface area contributed by atoms with Crippen molar-refractivity contribution in [3.63, 3.8) is 0 Å². The number of pyridine rings is 1. The first-order chi connectivity index (χ1) is 20.2. The molecule has 2 rings (SSSR count). The van der Waals surface area contributed by atoms with Crippen molar-refractivity contribution < 1.29 is 4.57 Å². The average molecular weight is 556 g/mol. The van der Waals surface area contributed by atoms with Crippen LogP contribution < -0.4 is 9.47 Å². The zero-order valence-corrected chi connectivity index (χ0v) is 26.7. The minimum Gasteiger partial charge on any atom is -0.378 e. The van der Waals surface area contributed by atoms with Gasteiger partial charge in [0.1, 0.15) is 6.54 Å². The number of anilines is 1. The van der Waals surface area contributed by atoms with Crippen LogP contribution >= 0.6 is 0 Å². The minimum atomic E-state index is 1.13. The van der Waals surface area contributed by atoms with Crippen LogP contribution in [-0.2, 0) is 6.54 Å². The Hall–Kier alpha value is -2.87. The van der Waals surface area contributed by atoms with Crippen LogP contribution in [0.3, 0.4) is 0 Å². The summed E-state index contributed by atoms with van der Waals surface area (Å²) >= 11 is 0. The number of rotatable bonds is 23. The summed E-state index contributed by atoms with van der Waals surface area (Å²) in [5.74, 6) is 0. The molecular formula is C39H59N2+. The first-order valence-electron chi connectivity index (χ1n) is 16.6. The Kier molecular flexibility index (Phi) is 19.9. The molecule has 0 unspecified atom stereocenters. The zero-order chi connectivity index (χ0) is 29.2. The van der Waals surface area contributed by atoms with Gasteiger partial charge in [-0.2, -0.15) is 0 Å². The maximum Gasteiger partial charge on any atom is 0.169 e. The molecule has 0 aliphatic rings. The molecule has 0 radical (unpaired) electrons. The lowest BCUT2D eigenvalue weighted by atomic mass is 10.0. The molecule has 0 bridgehead atoms. The molecule has 224 valence electrons. The number of aryl methyl sites for hydroxylation is 1. The number of nitrogens with zero attached hydrogens (tertiary/aromatic N) is 2. The van der Waals surface area contributed by atoms with Crippen molar-refractivity contribution in [3.05, 3.63) is 96.4 Å². The van der Waals surface area contributed by atoms with Gasteiger partial charge in [0, 0.05) is 38.3 Å². The van der Waals surface area contributed by atoms with E-state index in [4.69, 9.17) is 0 Å². The molecule has 0 spiro atoms. The van der Waals surface area contributed by atoms with Gasteiger partial charge in [-0.25, -0.2) is 4.57 Å². The van der Waals surface area contributed by atoms with Crippen LogP contribution in [0.2, 0.25) is 0 Å². The first-order valence-corrected chi connectivity index (χ1v) is 16.6. The molecule has 1 aromatic carbocycles. The predicted octanol–water partition coefficient (Wildman–Crippen LogP) is 11.1. The maximum atomic E-state index is 2.32. The van der Waals surface area contributed by atoms with Gasteiger partial charge in [-0.05, 0) is 29.7 Å². The molecule has 2 aromatic rings. The van der Waals surface area contributed by atoms with Crippen LogP contribution in [-0.4, -0.2) is 14.1 Å². The van der Waals surface area contributed by atoms with E-state index in [2.05, 4.69) is 128 Å². The molecule has 1 heterocycles. The topological polar surface area (TPSA) is 7.12 Å². The Morgan fingerprint density at radius 1 is 0.488 bits per heavy atom. The number of benzene rings is 1. The van der Waals surface area contributed by atoms with Crippen LogP contribution in [0.25, 0.3) is 12.2 Å². The number of hydrogen-bond acceptors (Lipinski definition) is 1.